The second-order valence-corrected chi connectivity index (χ2v) is 7.26. The molecule has 0 radical (unpaired) electrons. The van der Waals surface area contributed by atoms with Crippen LogP contribution in [0.5, 0.6) is 0 Å². The Kier molecular flexibility index (Phi) is 5.84. The molecule has 2 N–H and O–H groups in total. The first-order chi connectivity index (χ1) is 8.76. The average molecular weight is 270 g/mol. The van der Waals surface area contributed by atoms with E-state index in [-0.39, 0.29) is 17.7 Å². The van der Waals surface area contributed by atoms with Crippen LogP contribution in [-0.2, 0) is 0 Å². The molecule has 19 heavy (non-hydrogen) atoms. The fourth-order valence-corrected chi connectivity index (χ4v) is 3.34. The molecule has 3 nitrogen and oxygen atoms in total. The molecule has 1 fully saturated rings. The van der Waals surface area contributed by atoms with Crippen LogP contribution in [0.25, 0.3) is 0 Å². The largest absolute Gasteiger partial charge is 0.394 e. The number of rotatable bonds is 6. The van der Waals surface area contributed by atoms with E-state index in [1.54, 1.807) is 0 Å². The van der Waals surface area contributed by atoms with Crippen LogP contribution in [0.4, 0.5) is 0 Å². The van der Waals surface area contributed by atoms with E-state index in [0.717, 1.165) is 19.3 Å². The van der Waals surface area contributed by atoms with Crippen molar-refractivity contribution in [1.82, 2.24) is 10.2 Å². The summed E-state index contributed by atoms with van der Waals surface area (Å²) in [5, 5.41) is 13.5. The van der Waals surface area contributed by atoms with Gasteiger partial charge in [-0.25, -0.2) is 0 Å². The molecule has 1 aliphatic carbocycles. The molecular formula is C16H34N2O. The van der Waals surface area contributed by atoms with Gasteiger partial charge in [0.25, 0.3) is 0 Å². The van der Waals surface area contributed by atoms with Crippen molar-refractivity contribution in [3.05, 3.63) is 0 Å². The lowest BCUT2D eigenvalue weighted by Gasteiger charge is -2.48. The van der Waals surface area contributed by atoms with Gasteiger partial charge in [0.1, 0.15) is 0 Å². The highest BCUT2D eigenvalue weighted by molar-refractivity contribution is 4.98. The third-order valence-corrected chi connectivity index (χ3v) is 5.08. The van der Waals surface area contributed by atoms with Gasteiger partial charge in [-0.15, -0.1) is 0 Å². The van der Waals surface area contributed by atoms with Crippen LogP contribution in [-0.4, -0.2) is 46.8 Å². The van der Waals surface area contributed by atoms with E-state index in [0.29, 0.717) is 12.1 Å². The van der Waals surface area contributed by atoms with Gasteiger partial charge in [-0.05, 0) is 53.0 Å². The van der Waals surface area contributed by atoms with E-state index in [1.807, 2.05) is 0 Å². The molecule has 3 heteroatoms. The Labute approximate surface area is 119 Å². The van der Waals surface area contributed by atoms with Gasteiger partial charge in [-0.3, -0.25) is 4.90 Å². The summed E-state index contributed by atoms with van der Waals surface area (Å²) >= 11 is 0. The Morgan fingerprint density at radius 1 is 1.42 bits per heavy atom. The average Bonchev–Trinajstić information content (AvgIpc) is 2.37. The second-order valence-electron chi connectivity index (χ2n) is 7.26. The SMILES string of the molecule is CCC(C)(C)N(C)C1CCCC(CO)(NC(C)C)C1. The van der Waals surface area contributed by atoms with Gasteiger partial charge < -0.3 is 10.4 Å². The molecular weight excluding hydrogens is 236 g/mol. The Morgan fingerprint density at radius 2 is 2.05 bits per heavy atom. The van der Waals surface area contributed by atoms with Gasteiger partial charge in [0.15, 0.2) is 0 Å². The zero-order valence-electron chi connectivity index (χ0n) is 13.8. The molecule has 1 rings (SSSR count). The molecule has 1 aliphatic rings. The number of aliphatic hydroxyl groups is 1. The molecule has 0 aromatic heterocycles. The maximum atomic E-state index is 9.87. The summed E-state index contributed by atoms with van der Waals surface area (Å²) in [4.78, 5) is 2.53. The third kappa shape index (κ3) is 4.17. The predicted octanol–water partition coefficient (Wildman–Crippen LogP) is 2.78. The normalized spacial score (nSPS) is 29.2. The van der Waals surface area contributed by atoms with Gasteiger partial charge >= 0.3 is 0 Å². The van der Waals surface area contributed by atoms with Gasteiger partial charge in [0.05, 0.1) is 6.61 Å². The lowest BCUT2D eigenvalue weighted by atomic mass is 9.77. The number of hydrogen-bond acceptors (Lipinski definition) is 3. The highest BCUT2D eigenvalue weighted by Crippen LogP contribution is 2.34. The molecule has 0 spiro atoms. The van der Waals surface area contributed by atoms with Gasteiger partial charge in [0, 0.05) is 23.2 Å². The molecule has 0 amide bonds. The molecule has 0 bridgehead atoms. The second kappa shape index (κ2) is 6.55. The summed E-state index contributed by atoms with van der Waals surface area (Å²) in [6.45, 7) is 11.5. The lowest BCUT2D eigenvalue weighted by molar-refractivity contribution is 0.0215. The van der Waals surface area contributed by atoms with Crippen LogP contribution < -0.4 is 5.32 Å². The summed E-state index contributed by atoms with van der Waals surface area (Å²) < 4.78 is 0. The van der Waals surface area contributed by atoms with Crippen LogP contribution in [0.1, 0.15) is 66.7 Å². The fourth-order valence-electron chi connectivity index (χ4n) is 3.34. The van der Waals surface area contributed by atoms with Crippen LogP contribution in [0.2, 0.25) is 0 Å². The molecule has 0 saturated heterocycles. The van der Waals surface area contributed by atoms with Crippen molar-refractivity contribution in [2.24, 2.45) is 0 Å². The molecule has 0 aromatic carbocycles. The molecule has 0 heterocycles. The zero-order chi connectivity index (χ0) is 14.7. The van der Waals surface area contributed by atoms with E-state index >= 15 is 0 Å². The molecule has 2 unspecified atom stereocenters. The Bertz CT molecular complexity index is 278. The van der Waals surface area contributed by atoms with Crippen LogP contribution >= 0.6 is 0 Å². The van der Waals surface area contributed by atoms with Gasteiger partial charge in [-0.2, -0.15) is 0 Å². The summed E-state index contributed by atoms with van der Waals surface area (Å²) in [7, 11) is 2.25. The summed E-state index contributed by atoms with van der Waals surface area (Å²) in [6, 6.07) is 0.998. The molecule has 0 aromatic rings. The zero-order valence-corrected chi connectivity index (χ0v) is 13.8. The van der Waals surface area contributed by atoms with E-state index in [9.17, 15) is 5.11 Å². The topological polar surface area (TPSA) is 35.5 Å². The van der Waals surface area contributed by atoms with Crippen LogP contribution in [0.3, 0.4) is 0 Å². The smallest absolute Gasteiger partial charge is 0.0613 e. The van der Waals surface area contributed by atoms with E-state index in [2.05, 4.69) is 51.9 Å². The molecule has 1 saturated carbocycles. The highest BCUT2D eigenvalue weighted by atomic mass is 16.3. The predicted molar refractivity (Wildman–Crippen MR) is 82.5 cm³/mol. The minimum absolute atomic E-state index is 0.0742. The molecule has 2 atom stereocenters. The number of nitrogens with one attached hydrogen (secondary N) is 1. The summed E-state index contributed by atoms with van der Waals surface area (Å²) in [6.07, 6.45) is 5.76. The Morgan fingerprint density at radius 3 is 2.53 bits per heavy atom. The molecule has 114 valence electrons. The van der Waals surface area contributed by atoms with Crippen molar-refractivity contribution in [3.8, 4) is 0 Å². The highest BCUT2D eigenvalue weighted by Gasteiger charge is 2.39. The van der Waals surface area contributed by atoms with Gasteiger partial charge in [0.2, 0.25) is 0 Å². The van der Waals surface area contributed by atoms with Crippen molar-refractivity contribution in [2.45, 2.75) is 89.9 Å². The van der Waals surface area contributed by atoms with Crippen molar-refractivity contribution >= 4 is 0 Å². The maximum Gasteiger partial charge on any atom is 0.0613 e. The minimum atomic E-state index is -0.0742. The summed E-state index contributed by atoms with van der Waals surface area (Å²) in [5.41, 5.74) is 0.163. The number of aliphatic hydroxyl groups excluding tert-OH is 1. The van der Waals surface area contributed by atoms with Crippen molar-refractivity contribution in [1.29, 1.82) is 0 Å². The number of nitrogens with zero attached hydrogens (tertiary/aromatic N) is 1. The lowest BCUT2D eigenvalue weighted by Crippen LogP contribution is -2.59. The first-order valence-corrected chi connectivity index (χ1v) is 7.88. The first-order valence-electron chi connectivity index (χ1n) is 7.88. The van der Waals surface area contributed by atoms with Crippen LogP contribution in [0, 0.1) is 0 Å². The van der Waals surface area contributed by atoms with E-state index in [1.165, 1.54) is 12.8 Å². The monoisotopic (exact) mass is 270 g/mol. The Balaban J connectivity index is 2.77. The van der Waals surface area contributed by atoms with Gasteiger partial charge in [-0.1, -0.05) is 20.8 Å². The standard InChI is InChI=1S/C16H34N2O/c1-7-15(4,5)18(6)14-9-8-10-16(11-14,12-19)17-13(2)3/h13-14,17,19H,7-12H2,1-6H3. The Hall–Kier alpha value is -0.120. The maximum absolute atomic E-state index is 9.87. The van der Waals surface area contributed by atoms with Crippen LogP contribution in [0.15, 0.2) is 0 Å². The summed E-state index contributed by atoms with van der Waals surface area (Å²) in [5.74, 6) is 0. The van der Waals surface area contributed by atoms with Crippen molar-refractivity contribution in [3.63, 3.8) is 0 Å². The third-order valence-electron chi connectivity index (χ3n) is 5.08. The van der Waals surface area contributed by atoms with E-state index in [4.69, 9.17) is 0 Å². The van der Waals surface area contributed by atoms with Crippen molar-refractivity contribution < 1.29 is 5.11 Å². The number of hydrogen-bond donors (Lipinski definition) is 2. The fraction of sp³-hybridized carbons (Fsp3) is 1.00. The minimum Gasteiger partial charge on any atom is -0.394 e. The molecule has 0 aliphatic heterocycles. The van der Waals surface area contributed by atoms with Crippen molar-refractivity contribution in [2.75, 3.05) is 13.7 Å². The quantitative estimate of drug-likeness (QED) is 0.779. The first kappa shape index (κ1) is 16.9. The van der Waals surface area contributed by atoms with E-state index < -0.39 is 0 Å².